The fourth-order valence-corrected chi connectivity index (χ4v) is 5.25. The maximum atomic E-state index is 12.1. The van der Waals surface area contributed by atoms with Crippen molar-refractivity contribution in [2.45, 2.75) is 19.3 Å². The van der Waals surface area contributed by atoms with Crippen molar-refractivity contribution in [1.29, 1.82) is 0 Å². The first-order chi connectivity index (χ1) is 20.6. The lowest BCUT2D eigenvalue weighted by atomic mass is 10.1. The predicted octanol–water partition coefficient (Wildman–Crippen LogP) is 3.96. The monoisotopic (exact) mass is 592 g/mol. The Morgan fingerprint density at radius 2 is 1.58 bits per heavy atom. The maximum absolute atomic E-state index is 12.1. The number of methoxy groups -OCH3 is 3. The molecule has 3 aliphatic rings. The van der Waals surface area contributed by atoms with Crippen molar-refractivity contribution >= 4 is 34.3 Å². The van der Waals surface area contributed by atoms with Crippen LogP contribution in [0.5, 0.6) is 17.2 Å². The second kappa shape index (κ2) is 14.0. The number of hydrogen-bond donors (Lipinski definition) is 3. The van der Waals surface area contributed by atoms with Crippen molar-refractivity contribution in [1.82, 2.24) is 4.90 Å². The Kier molecular flexibility index (Phi) is 10.1. The number of nitrogens with two attached hydrogens (primary N) is 1. The van der Waals surface area contributed by atoms with E-state index in [1.165, 1.54) is 18.4 Å². The largest absolute Gasteiger partial charge is 0.497 e. The van der Waals surface area contributed by atoms with Crippen molar-refractivity contribution in [2.24, 2.45) is 0 Å². The summed E-state index contributed by atoms with van der Waals surface area (Å²) in [4.78, 5) is 26.1. The molecule has 230 valence electrons. The Labute approximate surface area is 251 Å². The third-order valence-electron chi connectivity index (χ3n) is 7.42. The Balaban J connectivity index is 0.000000152. The number of nitro benzene ring substituents is 1. The minimum Gasteiger partial charge on any atom is -0.497 e. The van der Waals surface area contributed by atoms with Gasteiger partial charge in [0.1, 0.15) is 11.5 Å². The van der Waals surface area contributed by atoms with E-state index in [-0.39, 0.29) is 11.6 Å². The number of carbonyl (C=O) groups excluding carboxylic acids is 1. The minimum atomic E-state index is -0.419. The highest BCUT2D eigenvalue weighted by molar-refractivity contribution is 5.97. The van der Waals surface area contributed by atoms with Gasteiger partial charge in [-0.05, 0) is 62.2 Å². The molecule has 6 rings (SSSR count). The highest BCUT2D eigenvalue weighted by atomic mass is 16.6. The van der Waals surface area contributed by atoms with Crippen LogP contribution in [-0.2, 0) is 24.1 Å². The molecule has 0 fully saturated rings. The standard InChI is InChI=1S/C13H19N3O2.C9H10N2O3.C9H11NO/c1-15(2)8-13(17)16-5-4-9-6-10(14)12(18-3)7-11(9)16;1-14-9-5-7-6(2-3-10-7)4-8(9)11(12)13;1-11-8-3-2-7-4-5-10-9(7)6-8/h6-7H,4-5,8,14H2,1-3H3;4-5,10H,2-3H2,1H3;2-3,6,10H,4-5H2,1H3. The van der Waals surface area contributed by atoms with Crippen LogP contribution in [-0.4, -0.2) is 77.3 Å². The van der Waals surface area contributed by atoms with Gasteiger partial charge in [0.25, 0.3) is 0 Å². The number of likely N-dealkylation sites (N-methyl/N-ethyl adjacent to an activating group) is 1. The van der Waals surface area contributed by atoms with Gasteiger partial charge in [-0.1, -0.05) is 6.07 Å². The van der Waals surface area contributed by atoms with Gasteiger partial charge in [-0.15, -0.1) is 0 Å². The molecule has 12 nitrogen and oxygen atoms in total. The van der Waals surface area contributed by atoms with Crippen LogP contribution in [0.25, 0.3) is 0 Å². The molecule has 43 heavy (non-hydrogen) atoms. The SMILES string of the molecule is COc1cc2c(cc1N)CCN2C(=O)CN(C)C.COc1cc2c(cc1[N+](=O)[O-])CCN2.COc1ccc2c(c1)NCC2. The first kappa shape index (κ1) is 31.2. The van der Waals surface area contributed by atoms with E-state index in [0.29, 0.717) is 30.3 Å². The summed E-state index contributed by atoms with van der Waals surface area (Å²) in [7, 11) is 8.48. The second-order valence-corrected chi connectivity index (χ2v) is 10.6. The molecule has 0 spiro atoms. The Morgan fingerprint density at radius 1 is 0.907 bits per heavy atom. The topological polar surface area (TPSA) is 144 Å². The summed E-state index contributed by atoms with van der Waals surface area (Å²) in [6.45, 7) is 3.02. The van der Waals surface area contributed by atoms with E-state index in [2.05, 4.69) is 16.7 Å². The number of fused-ring (bicyclic) bond motifs is 3. The predicted molar refractivity (Wildman–Crippen MR) is 169 cm³/mol. The van der Waals surface area contributed by atoms with E-state index in [1.54, 1.807) is 31.3 Å². The molecule has 0 bridgehead atoms. The number of benzene rings is 3. The summed E-state index contributed by atoms with van der Waals surface area (Å²) in [6.07, 6.45) is 2.82. The molecular formula is C31H40N6O6. The fourth-order valence-electron chi connectivity index (χ4n) is 5.25. The lowest BCUT2D eigenvalue weighted by molar-refractivity contribution is -0.385. The molecule has 0 aliphatic carbocycles. The number of nitrogen functional groups attached to an aromatic ring is 1. The zero-order chi connectivity index (χ0) is 31.1. The van der Waals surface area contributed by atoms with Gasteiger partial charge in [0, 0.05) is 55.3 Å². The Hall–Kier alpha value is -4.71. The van der Waals surface area contributed by atoms with Gasteiger partial charge in [0.05, 0.1) is 44.2 Å². The minimum absolute atomic E-state index is 0.0370. The molecule has 0 saturated heterocycles. The third kappa shape index (κ3) is 7.39. The molecule has 3 aliphatic heterocycles. The van der Waals surface area contributed by atoms with Crippen molar-refractivity contribution in [2.75, 3.05) is 82.9 Å². The van der Waals surface area contributed by atoms with Crippen LogP contribution < -0.4 is 35.5 Å². The molecule has 4 N–H and O–H groups in total. The van der Waals surface area contributed by atoms with Crippen LogP contribution >= 0.6 is 0 Å². The highest BCUT2D eigenvalue weighted by Crippen LogP contribution is 2.36. The van der Waals surface area contributed by atoms with Gasteiger partial charge in [-0.3, -0.25) is 14.9 Å². The molecular weight excluding hydrogens is 552 g/mol. The zero-order valence-corrected chi connectivity index (χ0v) is 25.4. The summed E-state index contributed by atoms with van der Waals surface area (Å²) in [6, 6.07) is 13.2. The number of nitrogens with one attached hydrogen (secondary N) is 2. The smallest absolute Gasteiger partial charge is 0.311 e. The number of rotatable bonds is 6. The highest BCUT2D eigenvalue weighted by Gasteiger charge is 2.26. The van der Waals surface area contributed by atoms with E-state index in [1.807, 2.05) is 43.3 Å². The van der Waals surface area contributed by atoms with Crippen LogP contribution in [0.15, 0.2) is 42.5 Å². The summed E-state index contributed by atoms with van der Waals surface area (Å²) in [5.74, 6) is 1.96. The fraction of sp³-hybridized carbons (Fsp3) is 0.387. The van der Waals surface area contributed by atoms with Crippen LogP contribution in [0.3, 0.4) is 0 Å². The number of anilines is 4. The lowest BCUT2D eigenvalue weighted by Crippen LogP contribution is -2.36. The number of nitrogens with zero attached hydrogens (tertiary/aromatic N) is 3. The number of ether oxygens (including phenoxy) is 3. The number of hydrogen-bond acceptors (Lipinski definition) is 10. The van der Waals surface area contributed by atoms with Gasteiger partial charge >= 0.3 is 5.69 Å². The molecule has 0 unspecified atom stereocenters. The summed E-state index contributed by atoms with van der Waals surface area (Å²) in [5, 5.41) is 17.1. The van der Waals surface area contributed by atoms with Crippen molar-refractivity contribution in [3.63, 3.8) is 0 Å². The summed E-state index contributed by atoms with van der Waals surface area (Å²) in [5.41, 5.74) is 13.1. The number of nitro groups is 1. The van der Waals surface area contributed by atoms with Crippen molar-refractivity contribution in [3.8, 4) is 17.2 Å². The van der Waals surface area contributed by atoms with Crippen LogP contribution in [0.1, 0.15) is 16.7 Å². The molecule has 3 aromatic rings. The first-order valence-corrected chi connectivity index (χ1v) is 14.1. The molecule has 0 aromatic heterocycles. The normalized spacial score (nSPS) is 13.7. The lowest BCUT2D eigenvalue weighted by Gasteiger charge is -2.20. The summed E-state index contributed by atoms with van der Waals surface area (Å²) >= 11 is 0. The van der Waals surface area contributed by atoms with E-state index in [0.717, 1.165) is 60.6 Å². The van der Waals surface area contributed by atoms with Gasteiger partial charge < -0.3 is 40.4 Å². The van der Waals surface area contributed by atoms with E-state index in [4.69, 9.17) is 19.9 Å². The maximum Gasteiger partial charge on any atom is 0.311 e. The molecule has 3 heterocycles. The molecule has 3 aromatic carbocycles. The number of carbonyl (C=O) groups is 1. The zero-order valence-electron chi connectivity index (χ0n) is 25.4. The van der Waals surface area contributed by atoms with E-state index >= 15 is 0 Å². The molecule has 1 amide bonds. The molecule has 0 atom stereocenters. The number of amides is 1. The van der Waals surface area contributed by atoms with E-state index in [9.17, 15) is 14.9 Å². The average molecular weight is 593 g/mol. The van der Waals surface area contributed by atoms with Crippen LogP contribution in [0.4, 0.5) is 28.4 Å². The van der Waals surface area contributed by atoms with Gasteiger partial charge in [-0.2, -0.15) is 0 Å². The third-order valence-corrected chi connectivity index (χ3v) is 7.42. The van der Waals surface area contributed by atoms with Crippen LogP contribution in [0.2, 0.25) is 0 Å². The van der Waals surface area contributed by atoms with Crippen molar-refractivity contribution in [3.05, 3.63) is 69.3 Å². The Bertz CT molecular complexity index is 1480. The second-order valence-electron chi connectivity index (χ2n) is 10.6. The van der Waals surface area contributed by atoms with Gasteiger partial charge in [0.15, 0.2) is 5.75 Å². The van der Waals surface area contributed by atoms with Gasteiger partial charge in [0.2, 0.25) is 5.91 Å². The first-order valence-electron chi connectivity index (χ1n) is 14.1. The molecule has 0 saturated carbocycles. The molecule has 12 heteroatoms. The average Bonchev–Trinajstić information content (AvgIpc) is 3.75. The van der Waals surface area contributed by atoms with E-state index < -0.39 is 4.92 Å². The molecule has 0 radical (unpaired) electrons. The Morgan fingerprint density at radius 3 is 2.21 bits per heavy atom. The summed E-state index contributed by atoms with van der Waals surface area (Å²) < 4.78 is 15.3. The van der Waals surface area contributed by atoms with Crippen molar-refractivity contribution < 1.29 is 23.9 Å². The van der Waals surface area contributed by atoms with Crippen LogP contribution in [0, 0.1) is 10.1 Å². The van der Waals surface area contributed by atoms with Gasteiger partial charge in [-0.25, -0.2) is 0 Å². The quantitative estimate of drug-likeness (QED) is 0.219.